The van der Waals surface area contributed by atoms with Crippen molar-refractivity contribution in [3.63, 3.8) is 0 Å². The smallest absolute Gasteiger partial charge is 0.233 e. The third-order valence-corrected chi connectivity index (χ3v) is 21.1. The molecule has 0 spiro atoms. The van der Waals surface area contributed by atoms with E-state index in [9.17, 15) is 0 Å². The van der Waals surface area contributed by atoms with Crippen LogP contribution in [0.25, 0.3) is 0 Å². The van der Waals surface area contributed by atoms with Crippen LogP contribution in [0.15, 0.2) is 101 Å². The quantitative estimate of drug-likeness (QED) is 0.0752. The highest BCUT2D eigenvalue weighted by atomic mass is 127. The summed E-state index contributed by atoms with van der Waals surface area (Å²) in [5.74, 6) is 0.585. The van der Waals surface area contributed by atoms with Gasteiger partial charge in [0.05, 0.1) is 11.7 Å². The van der Waals surface area contributed by atoms with E-state index >= 15 is 0 Å². The Morgan fingerprint density at radius 2 is 1.36 bits per heavy atom. The Morgan fingerprint density at radius 1 is 0.688 bits per heavy atom. The van der Waals surface area contributed by atoms with Gasteiger partial charge in [-0.15, -0.1) is 23.5 Å². The summed E-state index contributed by atoms with van der Waals surface area (Å²) < 4.78 is 0.123. The molecule has 0 amide bonds. The molecule has 6 heteroatoms. The number of alkyl halides is 1. The van der Waals surface area contributed by atoms with Crippen molar-refractivity contribution in [3.8, 4) is 0 Å². The average Bonchev–Trinajstić information content (AvgIpc) is 3.82. The van der Waals surface area contributed by atoms with E-state index in [1.54, 1.807) is 27.8 Å². The van der Waals surface area contributed by atoms with Crippen molar-refractivity contribution in [2.75, 3.05) is 9.80 Å². The van der Waals surface area contributed by atoms with Crippen LogP contribution in [-0.4, -0.2) is 17.1 Å². The Hall–Kier alpha value is -3.07. The summed E-state index contributed by atoms with van der Waals surface area (Å²) in [6.07, 6.45) is 12.2. The monoisotopic (exact) mass is 990 g/mol. The molecule has 12 rings (SSSR count). The van der Waals surface area contributed by atoms with Gasteiger partial charge in [-0.3, -0.25) is 0 Å². The fraction of sp³-hybridized carbons (Fsp3) is 0.448. The molecule has 328 valence electrons. The number of fused-ring (bicyclic) bond motifs is 11. The molecule has 5 aromatic rings. The van der Waals surface area contributed by atoms with E-state index in [1.165, 1.54) is 104 Å². The van der Waals surface area contributed by atoms with Crippen molar-refractivity contribution in [1.29, 1.82) is 0 Å². The Morgan fingerprint density at radius 3 is 2.08 bits per heavy atom. The van der Waals surface area contributed by atoms with Gasteiger partial charge in [-0.1, -0.05) is 133 Å². The van der Waals surface area contributed by atoms with Crippen LogP contribution in [0.2, 0.25) is 0 Å². The molecular weight excluding hydrogens is 927 g/mol. The van der Waals surface area contributed by atoms with Crippen molar-refractivity contribution in [3.05, 3.63) is 136 Å². The molecule has 5 atom stereocenters. The molecule has 64 heavy (non-hydrogen) atoms. The predicted octanol–water partition coefficient (Wildman–Crippen LogP) is 15.6. The van der Waals surface area contributed by atoms with Gasteiger partial charge in [0.2, 0.25) is 6.71 Å². The number of rotatable bonds is 2. The standard InChI is InChI=1S/C58H64BIN2S2/c1-33-27-46-50-47(28-33)62(44-17-14-16-37-36-15-12-13-18-48(36)63-52(37)44)51-38-29-39-42(58(11,60)26-25-57(39,9)10)32-49(38)64-53(51)59(50)43-30-40-41(56(7,8)24-23-55(40,5)6)31-45(43)61(46)35-21-19-34(20-22-35)54(2,3)4/h13-14,16-22,27-32,36,48,51,53H,12,15,23-26H2,1-11H3. The van der Waals surface area contributed by atoms with E-state index in [0.29, 0.717) is 16.3 Å². The molecule has 5 aromatic carbocycles. The number of thioether (sulfide) groups is 2. The predicted molar refractivity (Wildman–Crippen MR) is 287 cm³/mol. The Kier molecular flexibility index (Phi) is 9.25. The fourth-order valence-corrected chi connectivity index (χ4v) is 17.1. The summed E-state index contributed by atoms with van der Waals surface area (Å²) in [4.78, 5) is 8.61. The second-order valence-corrected chi connectivity index (χ2v) is 28.6. The number of hydrogen-bond donors (Lipinski definition) is 0. The van der Waals surface area contributed by atoms with Crippen LogP contribution in [0.5, 0.6) is 0 Å². The minimum atomic E-state index is 0.0786. The van der Waals surface area contributed by atoms with Gasteiger partial charge in [0.25, 0.3) is 0 Å². The zero-order valence-corrected chi connectivity index (χ0v) is 43.7. The number of nitrogens with zero attached hydrogens (tertiary/aromatic N) is 2. The number of halogens is 1. The van der Waals surface area contributed by atoms with Gasteiger partial charge < -0.3 is 9.80 Å². The molecular formula is C58H64BIN2S2. The molecule has 4 aliphatic heterocycles. The minimum Gasteiger partial charge on any atom is -0.333 e. The second-order valence-electron chi connectivity index (χ2n) is 23.9. The highest BCUT2D eigenvalue weighted by Gasteiger charge is 2.56. The van der Waals surface area contributed by atoms with E-state index in [4.69, 9.17) is 0 Å². The first-order valence-electron chi connectivity index (χ1n) is 24.3. The first kappa shape index (κ1) is 42.3. The maximum atomic E-state index is 2.90. The summed E-state index contributed by atoms with van der Waals surface area (Å²) in [7, 11) is 0. The van der Waals surface area contributed by atoms with Gasteiger partial charge in [-0.2, -0.15) is 0 Å². The van der Waals surface area contributed by atoms with Crippen molar-refractivity contribution < 1.29 is 0 Å². The zero-order chi connectivity index (χ0) is 44.6. The van der Waals surface area contributed by atoms with Crippen LogP contribution in [-0.2, 0) is 25.1 Å². The summed E-state index contributed by atoms with van der Waals surface area (Å²) in [5, 5.41) is 0.809. The maximum absolute atomic E-state index is 2.90. The van der Waals surface area contributed by atoms with Crippen molar-refractivity contribution in [2.24, 2.45) is 0 Å². The van der Waals surface area contributed by atoms with Crippen LogP contribution >= 0.6 is 46.1 Å². The van der Waals surface area contributed by atoms with Gasteiger partial charge >= 0.3 is 0 Å². The molecule has 0 saturated heterocycles. The molecule has 0 bridgehead atoms. The van der Waals surface area contributed by atoms with Crippen LogP contribution in [0.4, 0.5) is 28.4 Å². The second kappa shape index (κ2) is 14.0. The number of anilines is 5. The van der Waals surface area contributed by atoms with E-state index < -0.39 is 0 Å². The van der Waals surface area contributed by atoms with E-state index in [-0.39, 0.29) is 37.8 Å². The zero-order valence-electron chi connectivity index (χ0n) is 39.9. The molecule has 0 saturated carbocycles. The van der Waals surface area contributed by atoms with Gasteiger partial charge in [0, 0.05) is 52.3 Å². The Balaban J connectivity index is 1.17. The lowest BCUT2D eigenvalue weighted by molar-refractivity contribution is 0.332. The molecule has 5 unspecified atom stereocenters. The highest BCUT2D eigenvalue weighted by Crippen LogP contribution is 2.63. The van der Waals surface area contributed by atoms with Gasteiger partial charge in [-0.05, 0) is 172 Å². The van der Waals surface area contributed by atoms with Gasteiger partial charge in [-0.25, -0.2) is 0 Å². The van der Waals surface area contributed by atoms with Crippen LogP contribution in [0.3, 0.4) is 0 Å². The number of benzene rings is 5. The largest absolute Gasteiger partial charge is 0.333 e. The van der Waals surface area contributed by atoms with Crippen LogP contribution in [0.1, 0.15) is 164 Å². The topological polar surface area (TPSA) is 6.48 Å². The van der Waals surface area contributed by atoms with Crippen molar-refractivity contribution in [2.45, 2.75) is 172 Å². The summed E-state index contributed by atoms with van der Waals surface area (Å²) >= 11 is 7.14. The number of aryl methyl sites for hydroxylation is 1. The highest BCUT2D eigenvalue weighted by molar-refractivity contribution is 14.1. The van der Waals surface area contributed by atoms with Crippen LogP contribution in [0, 0.1) is 6.92 Å². The summed E-state index contributed by atoms with van der Waals surface area (Å²) in [5.41, 5.74) is 22.3. The molecule has 4 heterocycles. The first-order chi connectivity index (χ1) is 30.2. The molecule has 2 nitrogen and oxygen atoms in total. The summed E-state index contributed by atoms with van der Waals surface area (Å²) in [6.45, 7) is 27.1. The van der Waals surface area contributed by atoms with Gasteiger partial charge in [0.1, 0.15) is 0 Å². The molecule has 0 N–H and O–H groups in total. The fourth-order valence-electron chi connectivity index (χ4n) is 13.2. The summed E-state index contributed by atoms with van der Waals surface area (Å²) in [6, 6.07) is 33.1. The third kappa shape index (κ3) is 6.11. The van der Waals surface area contributed by atoms with E-state index in [2.05, 4.69) is 223 Å². The Bertz CT molecular complexity index is 2840. The first-order valence-corrected chi connectivity index (χ1v) is 27.1. The van der Waals surface area contributed by atoms with Gasteiger partial charge in [0.15, 0.2) is 0 Å². The lowest BCUT2D eigenvalue weighted by Crippen LogP contribution is -2.63. The minimum absolute atomic E-state index is 0.0786. The molecule has 7 aliphatic rings. The van der Waals surface area contributed by atoms with E-state index in [1.807, 2.05) is 0 Å². The Labute approximate surface area is 406 Å². The third-order valence-electron chi connectivity index (χ3n) is 17.1. The van der Waals surface area contributed by atoms with Crippen molar-refractivity contribution in [1.82, 2.24) is 0 Å². The van der Waals surface area contributed by atoms with E-state index in [0.717, 1.165) is 0 Å². The normalized spacial score (nSPS) is 27.2. The SMILES string of the molecule is Cc1cc2c3c(c1)N(c1cccc4c1SC1C=CCCC41)C1c4cc5c(cc4SC1B3c1cc3c(cc1N2c1ccc(C(C)(C)C)cc1)C(C)(C)CCC3(C)C)C(C)(I)CCC5(C)C. The molecule has 3 aliphatic carbocycles. The molecule has 0 radical (unpaired) electrons. The van der Waals surface area contributed by atoms with Crippen LogP contribution < -0.4 is 20.7 Å². The van der Waals surface area contributed by atoms with Crippen molar-refractivity contribution >= 4 is 92.2 Å². The number of allylic oxidation sites excluding steroid dienone is 1. The lowest BCUT2D eigenvalue weighted by atomic mass is 9.33. The molecule has 0 fully saturated rings. The lowest BCUT2D eigenvalue weighted by Gasteiger charge is -2.50. The average molecular weight is 991 g/mol. The molecule has 0 aromatic heterocycles. The maximum Gasteiger partial charge on any atom is 0.233 e. The number of hydrogen-bond acceptors (Lipinski definition) is 4.